The van der Waals surface area contributed by atoms with Gasteiger partial charge in [0.25, 0.3) is 0 Å². The van der Waals surface area contributed by atoms with E-state index >= 15 is 0 Å². The van der Waals surface area contributed by atoms with Crippen molar-refractivity contribution in [2.75, 3.05) is 0 Å². The molecule has 34 heavy (non-hydrogen) atoms. The lowest BCUT2D eigenvalue weighted by molar-refractivity contribution is -0.237. The summed E-state index contributed by atoms with van der Waals surface area (Å²) in [6.07, 6.45) is 14.6. The molecule has 0 aromatic heterocycles. The van der Waals surface area contributed by atoms with Crippen LogP contribution in [0.4, 0.5) is 0 Å². The lowest BCUT2D eigenvalue weighted by Gasteiger charge is -2.71. The highest BCUT2D eigenvalue weighted by atomic mass is 16.3. The van der Waals surface area contributed by atoms with Crippen LogP contribution in [0.5, 0.6) is 0 Å². The fraction of sp³-hybridized carbons (Fsp3) is 0.939. The van der Waals surface area contributed by atoms with E-state index in [0.717, 1.165) is 18.3 Å². The number of aliphatic hydroxyl groups is 1. The first-order chi connectivity index (χ1) is 15.6. The molecule has 1 nitrogen and oxygen atoms in total. The number of allylic oxidation sites excluding steroid dienone is 1. The molecule has 0 aromatic carbocycles. The van der Waals surface area contributed by atoms with Crippen molar-refractivity contribution in [1.82, 2.24) is 0 Å². The van der Waals surface area contributed by atoms with Gasteiger partial charge in [0.05, 0.1) is 6.10 Å². The van der Waals surface area contributed by atoms with Gasteiger partial charge in [-0.05, 0) is 126 Å². The van der Waals surface area contributed by atoms with Crippen molar-refractivity contribution < 1.29 is 5.11 Å². The first kappa shape index (κ1) is 25.4. The minimum Gasteiger partial charge on any atom is -0.393 e. The second-order valence-corrected chi connectivity index (χ2v) is 16.0. The van der Waals surface area contributed by atoms with Crippen LogP contribution in [-0.2, 0) is 0 Å². The average molecular weight is 469 g/mol. The van der Waals surface area contributed by atoms with E-state index in [4.69, 9.17) is 0 Å². The Labute approximate surface area is 211 Å². The average Bonchev–Trinajstić information content (AvgIpc) is 3.38. The Morgan fingerprint density at radius 2 is 1.41 bits per heavy atom. The molecule has 0 saturated heterocycles. The third kappa shape index (κ3) is 2.53. The van der Waals surface area contributed by atoms with Crippen LogP contribution in [0.25, 0.3) is 0 Å². The van der Waals surface area contributed by atoms with Crippen LogP contribution in [0, 0.1) is 55.7 Å². The highest BCUT2D eigenvalue weighted by Gasteiger charge is 2.88. The molecule has 5 saturated carbocycles. The maximum Gasteiger partial charge on any atom is 0.0596 e. The zero-order valence-electron chi connectivity index (χ0n) is 24.2. The first-order valence-electron chi connectivity index (χ1n) is 14.9. The Balaban J connectivity index is 1.46. The van der Waals surface area contributed by atoms with Gasteiger partial charge in [-0.15, -0.1) is 0 Å². The monoisotopic (exact) mass is 468 g/mol. The maximum absolute atomic E-state index is 11.1. The van der Waals surface area contributed by atoms with E-state index in [1.165, 1.54) is 69.8 Å². The molecule has 194 valence electrons. The van der Waals surface area contributed by atoms with Gasteiger partial charge in [-0.2, -0.15) is 0 Å². The van der Waals surface area contributed by atoms with E-state index in [1.54, 1.807) is 0 Å². The van der Waals surface area contributed by atoms with Crippen molar-refractivity contribution in [2.24, 2.45) is 55.7 Å². The highest BCUT2D eigenvalue weighted by Crippen LogP contribution is 2.95. The molecular weight excluding hydrogens is 412 g/mol. The van der Waals surface area contributed by atoms with Crippen LogP contribution < -0.4 is 0 Å². The third-order valence-corrected chi connectivity index (χ3v) is 15.5. The standard InChI is InChI=1S/C33H56O/c1-22(2)23(3)11-12-24(4)25-13-15-30(9)28(25,7)17-20-33-21-32(33)16-14-26(34)27(5,6)29(32,8)18-19-31(30,33)10/h22,24-26,34H,3,11-21H2,1-2,4-10H3/t24-,25-,26+,28-,29+,30-,31+,32-,33+/m1/s1. The van der Waals surface area contributed by atoms with Gasteiger partial charge in [0.2, 0.25) is 0 Å². The van der Waals surface area contributed by atoms with Crippen molar-refractivity contribution in [3.8, 4) is 0 Å². The fourth-order valence-electron chi connectivity index (χ4n) is 12.1. The summed E-state index contributed by atoms with van der Waals surface area (Å²) >= 11 is 0. The van der Waals surface area contributed by atoms with Crippen molar-refractivity contribution in [2.45, 2.75) is 139 Å². The van der Waals surface area contributed by atoms with Gasteiger partial charge in [-0.25, -0.2) is 0 Å². The second-order valence-electron chi connectivity index (χ2n) is 16.0. The minimum atomic E-state index is -0.133. The van der Waals surface area contributed by atoms with Crippen LogP contribution >= 0.6 is 0 Å². The molecule has 5 fully saturated rings. The SMILES string of the molecule is C=C(CC[C@@H](C)[C@H]1CC[C@@]2(C)[C@]3(C)CC[C@@]4(C)C(C)(C)[C@@H](O)CC[C@@]45C[C@@]35CC[C@]12C)C(C)C. The largest absolute Gasteiger partial charge is 0.393 e. The minimum absolute atomic E-state index is 0.0310. The molecule has 0 heterocycles. The van der Waals surface area contributed by atoms with E-state index in [2.05, 4.69) is 68.9 Å². The smallest absolute Gasteiger partial charge is 0.0596 e. The lowest BCUT2D eigenvalue weighted by atomic mass is 9.33. The van der Waals surface area contributed by atoms with Gasteiger partial charge in [-0.3, -0.25) is 0 Å². The Kier molecular flexibility index (Phi) is 5.35. The Hall–Kier alpha value is -0.300. The van der Waals surface area contributed by atoms with Crippen LogP contribution in [0.2, 0.25) is 0 Å². The number of fused-ring (bicyclic) bond motifs is 2. The van der Waals surface area contributed by atoms with Gasteiger partial charge < -0.3 is 5.11 Å². The maximum atomic E-state index is 11.1. The zero-order valence-corrected chi connectivity index (χ0v) is 24.2. The van der Waals surface area contributed by atoms with Crippen LogP contribution in [-0.4, -0.2) is 11.2 Å². The molecule has 0 aromatic rings. The molecule has 2 spiro atoms. The van der Waals surface area contributed by atoms with Crippen molar-refractivity contribution in [1.29, 1.82) is 0 Å². The molecule has 5 aliphatic carbocycles. The summed E-state index contributed by atoms with van der Waals surface area (Å²) < 4.78 is 0. The molecule has 0 amide bonds. The van der Waals surface area contributed by atoms with E-state index < -0.39 is 0 Å². The summed E-state index contributed by atoms with van der Waals surface area (Å²) in [6.45, 7) is 27.2. The number of hydrogen-bond acceptors (Lipinski definition) is 1. The van der Waals surface area contributed by atoms with E-state index in [1.807, 2.05) is 0 Å². The molecule has 9 atom stereocenters. The lowest BCUT2D eigenvalue weighted by Crippen LogP contribution is -2.65. The van der Waals surface area contributed by atoms with Crippen molar-refractivity contribution >= 4 is 0 Å². The van der Waals surface area contributed by atoms with Crippen LogP contribution in [0.15, 0.2) is 12.2 Å². The van der Waals surface area contributed by atoms with E-state index in [9.17, 15) is 5.11 Å². The quantitative estimate of drug-likeness (QED) is 0.399. The van der Waals surface area contributed by atoms with Crippen molar-refractivity contribution in [3.05, 3.63) is 12.2 Å². The zero-order chi connectivity index (χ0) is 25.2. The summed E-state index contributed by atoms with van der Waals surface area (Å²) in [7, 11) is 0. The molecular formula is C33H56O. The normalized spacial score (nSPS) is 54.0. The van der Waals surface area contributed by atoms with Gasteiger partial charge in [-0.1, -0.05) is 74.5 Å². The molecule has 0 radical (unpaired) electrons. The van der Waals surface area contributed by atoms with Gasteiger partial charge in [0.1, 0.15) is 0 Å². The topological polar surface area (TPSA) is 20.2 Å². The van der Waals surface area contributed by atoms with Gasteiger partial charge in [0, 0.05) is 0 Å². The third-order valence-electron chi connectivity index (χ3n) is 15.5. The van der Waals surface area contributed by atoms with Crippen molar-refractivity contribution in [3.63, 3.8) is 0 Å². The molecule has 1 N–H and O–H groups in total. The fourth-order valence-corrected chi connectivity index (χ4v) is 12.1. The predicted octanol–water partition coefficient (Wildman–Crippen LogP) is 9.20. The summed E-state index contributed by atoms with van der Waals surface area (Å²) in [6, 6.07) is 0. The molecule has 5 rings (SSSR count). The van der Waals surface area contributed by atoms with Gasteiger partial charge in [0.15, 0.2) is 0 Å². The van der Waals surface area contributed by atoms with Crippen LogP contribution in [0.3, 0.4) is 0 Å². The Morgan fingerprint density at radius 1 is 0.794 bits per heavy atom. The predicted molar refractivity (Wildman–Crippen MR) is 145 cm³/mol. The highest BCUT2D eigenvalue weighted by molar-refractivity contribution is 5.36. The molecule has 0 unspecified atom stereocenters. The summed E-state index contributed by atoms with van der Waals surface area (Å²) in [5, 5.41) is 11.1. The van der Waals surface area contributed by atoms with E-state index in [0.29, 0.717) is 33.0 Å². The number of rotatable bonds is 5. The first-order valence-corrected chi connectivity index (χ1v) is 14.9. The summed E-state index contributed by atoms with van der Waals surface area (Å²) in [5.41, 5.74) is 4.10. The van der Waals surface area contributed by atoms with Crippen LogP contribution in [0.1, 0.15) is 133 Å². The Bertz CT molecular complexity index is 870. The summed E-state index contributed by atoms with van der Waals surface area (Å²) in [4.78, 5) is 0. The molecule has 0 aliphatic heterocycles. The number of hydrogen-bond donors (Lipinski definition) is 1. The molecule has 0 bridgehead atoms. The number of aliphatic hydroxyl groups excluding tert-OH is 1. The Morgan fingerprint density at radius 3 is 2.06 bits per heavy atom. The summed E-state index contributed by atoms with van der Waals surface area (Å²) in [5.74, 6) is 2.27. The molecule has 1 heteroatoms. The second kappa shape index (κ2) is 7.17. The molecule has 5 aliphatic rings. The van der Waals surface area contributed by atoms with Gasteiger partial charge >= 0.3 is 0 Å². The van der Waals surface area contributed by atoms with E-state index in [-0.39, 0.29) is 16.9 Å².